The van der Waals surface area contributed by atoms with Crippen LogP contribution in [0.4, 0.5) is 0 Å². The molecule has 1 saturated heterocycles. The highest BCUT2D eigenvalue weighted by molar-refractivity contribution is 6.06. The average molecular weight is 396 g/mol. The lowest BCUT2D eigenvalue weighted by molar-refractivity contribution is -0.121. The number of benzene rings is 1. The van der Waals surface area contributed by atoms with Gasteiger partial charge in [0.25, 0.3) is 5.56 Å². The molecule has 7 heteroatoms. The quantitative estimate of drug-likeness (QED) is 0.628. The van der Waals surface area contributed by atoms with Crippen molar-refractivity contribution in [2.24, 2.45) is 11.8 Å². The molecular formula is C22H29N5O2. The van der Waals surface area contributed by atoms with Gasteiger partial charge in [0, 0.05) is 35.9 Å². The van der Waals surface area contributed by atoms with E-state index in [9.17, 15) is 9.59 Å². The number of aromatic nitrogens is 3. The number of nitrogens with zero attached hydrogens (tertiary/aromatic N) is 3. The predicted octanol–water partition coefficient (Wildman–Crippen LogP) is 2.36. The van der Waals surface area contributed by atoms with Gasteiger partial charge in [0.1, 0.15) is 12.1 Å². The number of rotatable bonds is 6. The van der Waals surface area contributed by atoms with Crippen molar-refractivity contribution < 1.29 is 4.79 Å². The van der Waals surface area contributed by atoms with Gasteiger partial charge in [0.15, 0.2) is 0 Å². The first-order chi connectivity index (χ1) is 14.0. The van der Waals surface area contributed by atoms with Crippen LogP contribution in [-0.2, 0) is 11.3 Å². The number of likely N-dealkylation sites (tertiary alicyclic amines) is 1. The fraction of sp³-hybridized carbons (Fsp3) is 0.500. The van der Waals surface area contributed by atoms with Gasteiger partial charge in [-0.25, -0.2) is 4.68 Å². The van der Waals surface area contributed by atoms with Crippen LogP contribution in [0.1, 0.15) is 26.7 Å². The van der Waals surface area contributed by atoms with E-state index in [2.05, 4.69) is 34.1 Å². The van der Waals surface area contributed by atoms with Crippen LogP contribution in [0.5, 0.6) is 0 Å². The minimum Gasteiger partial charge on any atom is -0.354 e. The minimum absolute atomic E-state index is 0.0675. The average Bonchev–Trinajstić information content (AvgIpc) is 3.06. The summed E-state index contributed by atoms with van der Waals surface area (Å²) in [6.07, 6.45) is 3.87. The molecule has 3 aromatic rings. The van der Waals surface area contributed by atoms with Crippen molar-refractivity contribution in [1.82, 2.24) is 25.0 Å². The molecule has 7 nitrogen and oxygen atoms in total. The molecule has 1 fully saturated rings. The highest BCUT2D eigenvalue weighted by Gasteiger charge is 2.21. The standard InChI is InChI=1S/C22H29N5O2/c1-15-10-16(2)13-26(12-15)9-5-8-23-20(28)14-27-22(29)21-18(11-24-27)17-6-3-4-7-19(17)25-21/h3-4,6-7,11,15-16,25H,5,8-10,12-14H2,1-2H3,(H,23,28)/t15-,16+. The Hall–Kier alpha value is -2.67. The molecule has 1 aliphatic rings. The van der Waals surface area contributed by atoms with Gasteiger partial charge < -0.3 is 15.2 Å². The number of piperidine rings is 1. The fourth-order valence-corrected chi connectivity index (χ4v) is 4.58. The van der Waals surface area contributed by atoms with Gasteiger partial charge in [-0.1, -0.05) is 32.0 Å². The molecule has 1 aliphatic heterocycles. The maximum atomic E-state index is 12.7. The molecule has 0 saturated carbocycles. The second kappa shape index (κ2) is 8.37. The van der Waals surface area contributed by atoms with Crippen LogP contribution in [0.15, 0.2) is 35.3 Å². The zero-order valence-corrected chi connectivity index (χ0v) is 17.1. The first kappa shape index (κ1) is 19.6. The number of carbonyl (C=O) groups excluding carboxylic acids is 1. The molecular weight excluding hydrogens is 366 g/mol. The third-order valence-electron chi connectivity index (χ3n) is 5.73. The summed E-state index contributed by atoms with van der Waals surface area (Å²) in [5.74, 6) is 1.30. The molecule has 2 aromatic heterocycles. The Kier molecular flexibility index (Phi) is 5.67. The van der Waals surface area contributed by atoms with E-state index < -0.39 is 0 Å². The smallest absolute Gasteiger partial charge is 0.291 e. The molecule has 0 bridgehead atoms. The summed E-state index contributed by atoms with van der Waals surface area (Å²) in [6, 6.07) is 7.73. The van der Waals surface area contributed by atoms with Gasteiger partial charge in [0.05, 0.1) is 6.20 Å². The van der Waals surface area contributed by atoms with Gasteiger partial charge in [-0.2, -0.15) is 5.10 Å². The largest absolute Gasteiger partial charge is 0.354 e. The Morgan fingerprint density at radius 1 is 1.21 bits per heavy atom. The second-order valence-corrected chi connectivity index (χ2v) is 8.48. The van der Waals surface area contributed by atoms with Crippen molar-refractivity contribution in [2.45, 2.75) is 33.2 Å². The number of hydrogen-bond donors (Lipinski definition) is 2. The number of carbonyl (C=O) groups is 1. The molecule has 0 aliphatic carbocycles. The Balaban J connectivity index is 1.33. The van der Waals surface area contributed by atoms with Crippen LogP contribution in [0, 0.1) is 11.8 Å². The number of aromatic amines is 1. The van der Waals surface area contributed by atoms with E-state index in [1.807, 2.05) is 24.3 Å². The van der Waals surface area contributed by atoms with Crippen LogP contribution >= 0.6 is 0 Å². The van der Waals surface area contributed by atoms with Crippen LogP contribution in [0.3, 0.4) is 0 Å². The van der Waals surface area contributed by atoms with Crippen molar-refractivity contribution in [1.29, 1.82) is 0 Å². The zero-order valence-electron chi connectivity index (χ0n) is 17.1. The summed E-state index contributed by atoms with van der Waals surface area (Å²) in [5.41, 5.74) is 1.11. The number of H-pyrrole nitrogens is 1. The van der Waals surface area contributed by atoms with Crippen LogP contribution in [0.25, 0.3) is 21.8 Å². The third-order valence-corrected chi connectivity index (χ3v) is 5.73. The number of fused-ring (bicyclic) bond motifs is 3. The summed E-state index contributed by atoms with van der Waals surface area (Å²) >= 11 is 0. The van der Waals surface area contributed by atoms with E-state index in [0.29, 0.717) is 12.1 Å². The van der Waals surface area contributed by atoms with Crippen molar-refractivity contribution in [3.8, 4) is 0 Å². The maximum Gasteiger partial charge on any atom is 0.291 e. The third kappa shape index (κ3) is 4.34. The molecule has 4 rings (SSSR count). The van der Waals surface area contributed by atoms with Crippen molar-refractivity contribution in [3.05, 3.63) is 40.8 Å². The Morgan fingerprint density at radius 2 is 1.97 bits per heavy atom. The molecule has 2 N–H and O–H groups in total. The highest BCUT2D eigenvalue weighted by atomic mass is 16.2. The first-order valence-electron chi connectivity index (χ1n) is 10.5. The lowest BCUT2D eigenvalue weighted by Crippen LogP contribution is -2.40. The second-order valence-electron chi connectivity index (χ2n) is 8.48. The topological polar surface area (TPSA) is 83.0 Å². The lowest BCUT2D eigenvalue weighted by atomic mass is 9.92. The van der Waals surface area contributed by atoms with E-state index in [1.165, 1.54) is 11.1 Å². The predicted molar refractivity (Wildman–Crippen MR) is 115 cm³/mol. The minimum atomic E-state index is -0.273. The zero-order chi connectivity index (χ0) is 20.4. The van der Waals surface area contributed by atoms with Gasteiger partial charge >= 0.3 is 0 Å². The van der Waals surface area contributed by atoms with Gasteiger partial charge in [-0.3, -0.25) is 9.59 Å². The monoisotopic (exact) mass is 395 g/mol. The Labute approximate surface area is 170 Å². The van der Waals surface area contributed by atoms with Gasteiger partial charge in [-0.15, -0.1) is 0 Å². The van der Waals surface area contributed by atoms with E-state index in [1.54, 1.807) is 6.20 Å². The van der Waals surface area contributed by atoms with Crippen molar-refractivity contribution >= 4 is 27.7 Å². The maximum absolute atomic E-state index is 12.7. The van der Waals surface area contributed by atoms with Crippen LogP contribution in [0.2, 0.25) is 0 Å². The summed E-state index contributed by atoms with van der Waals surface area (Å²) in [4.78, 5) is 30.6. The number of amides is 1. The SMILES string of the molecule is C[C@@H]1C[C@H](C)CN(CCCNC(=O)Cn2ncc3c([nH]c4ccccc43)c2=O)C1. The van der Waals surface area contributed by atoms with E-state index in [0.717, 1.165) is 54.2 Å². The number of hydrogen-bond acceptors (Lipinski definition) is 4. The number of para-hydroxylation sites is 1. The van der Waals surface area contributed by atoms with Crippen molar-refractivity contribution in [2.75, 3.05) is 26.2 Å². The molecule has 29 heavy (non-hydrogen) atoms. The molecule has 0 spiro atoms. The molecule has 154 valence electrons. The van der Waals surface area contributed by atoms with E-state index >= 15 is 0 Å². The first-order valence-corrected chi connectivity index (χ1v) is 10.5. The number of nitrogens with one attached hydrogen (secondary N) is 2. The molecule has 3 heterocycles. The van der Waals surface area contributed by atoms with E-state index in [-0.39, 0.29) is 18.0 Å². The van der Waals surface area contributed by atoms with Gasteiger partial charge in [0.2, 0.25) is 5.91 Å². The Morgan fingerprint density at radius 3 is 2.76 bits per heavy atom. The lowest BCUT2D eigenvalue weighted by Gasteiger charge is -2.34. The molecule has 0 radical (unpaired) electrons. The van der Waals surface area contributed by atoms with Gasteiger partial charge in [-0.05, 0) is 37.3 Å². The molecule has 1 amide bonds. The molecule has 1 aromatic carbocycles. The molecule has 2 atom stereocenters. The summed E-state index contributed by atoms with van der Waals surface area (Å²) in [6.45, 7) is 8.43. The fourth-order valence-electron chi connectivity index (χ4n) is 4.58. The van der Waals surface area contributed by atoms with Crippen LogP contribution in [-0.4, -0.2) is 51.8 Å². The highest BCUT2D eigenvalue weighted by Crippen LogP contribution is 2.22. The Bertz CT molecular complexity index is 1060. The van der Waals surface area contributed by atoms with Crippen LogP contribution < -0.4 is 10.9 Å². The summed E-state index contributed by atoms with van der Waals surface area (Å²) < 4.78 is 1.22. The molecule has 0 unspecified atom stereocenters. The summed E-state index contributed by atoms with van der Waals surface area (Å²) in [5, 5.41) is 8.87. The normalized spacial score (nSPS) is 20.3. The van der Waals surface area contributed by atoms with Crippen molar-refractivity contribution in [3.63, 3.8) is 0 Å². The summed E-state index contributed by atoms with van der Waals surface area (Å²) in [7, 11) is 0. The van der Waals surface area contributed by atoms with E-state index in [4.69, 9.17) is 0 Å².